The minimum absolute atomic E-state index is 0.203. The van der Waals surface area contributed by atoms with Crippen LogP contribution < -0.4 is 23.4 Å². The van der Waals surface area contributed by atoms with Crippen molar-refractivity contribution in [2.45, 2.75) is 26.8 Å². The van der Waals surface area contributed by atoms with Gasteiger partial charge in [-0.2, -0.15) is 5.11 Å². The summed E-state index contributed by atoms with van der Waals surface area (Å²) in [6.07, 6.45) is 0. The van der Waals surface area contributed by atoms with Crippen LogP contribution in [0.1, 0.15) is 20.8 Å². The Morgan fingerprint density at radius 1 is 0.970 bits per heavy atom. The Morgan fingerprint density at radius 3 is 2.03 bits per heavy atom. The highest BCUT2D eigenvalue weighted by molar-refractivity contribution is 6.39. The van der Waals surface area contributed by atoms with Gasteiger partial charge in [-0.3, -0.25) is 9.59 Å². The van der Waals surface area contributed by atoms with Crippen LogP contribution >= 0.6 is 23.4 Å². The Morgan fingerprint density at radius 2 is 1.55 bits per heavy atom. The number of ether oxygens (including phenoxy) is 4. The number of amides is 1. The van der Waals surface area contributed by atoms with E-state index in [0.717, 1.165) is 4.42 Å². The van der Waals surface area contributed by atoms with Crippen LogP contribution in [0.15, 0.2) is 40.6 Å². The predicted octanol–water partition coefficient (Wildman–Crippen LogP) is 5.38. The lowest BCUT2D eigenvalue weighted by Crippen LogP contribution is -2.36. The molecular formula is C22H25Cl2N3O6. The van der Waals surface area contributed by atoms with Crippen LogP contribution in [-0.4, -0.2) is 45.2 Å². The molecule has 0 bridgehead atoms. The molecule has 0 aliphatic carbocycles. The van der Waals surface area contributed by atoms with E-state index in [0.29, 0.717) is 41.2 Å². The number of azo groups is 1. The number of hydrogen-bond donors (Lipinski definition) is 0. The number of methoxy groups -OCH3 is 2. The van der Waals surface area contributed by atoms with Crippen LogP contribution in [0.4, 0.5) is 11.4 Å². The van der Waals surface area contributed by atoms with E-state index in [9.17, 15) is 9.59 Å². The van der Waals surface area contributed by atoms with E-state index in [2.05, 4.69) is 10.2 Å². The van der Waals surface area contributed by atoms with Crippen LogP contribution in [-0.2, 0) is 9.59 Å². The summed E-state index contributed by atoms with van der Waals surface area (Å²) in [5.74, 6) is 0.0588. The number of halogens is 2. The molecule has 1 unspecified atom stereocenters. The van der Waals surface area contributed by atoms with Gasteiger partial charge in [0.05, 0.1) is 33.1 Å². The fraction of sp³-hybridized carbons (Fsp3) is 0.364. The van der Waals surface area contributed by atoms with E-state index in [1.807, 2.05) is 0 Å². The molecule has 0 fully saturated rings. The van der Waals surface area contributed by atoms with Gasteiger partial charge in [-0.15, -0.1) is 5.11 Å². The average Bonchev–Trinajstić information content (AvgIpc) is 2.79. The first kappa shape index (κ1) is 26.2. The number of carbonyl (C=O) groups is 2. The topological polar surface area (TPSA) is 99.0 Å². The number of carbonyl (C=O) groups excluding carboxylic acids is 2. The summed E-state index contributed by atoms with van der Waals surface area (Å²) in [5, 5.41) is 8.46. The number of hydrogen-bond acceptors (Lipinski definition) is 8. The number of benzene rings is 2. The molecule has 0 radical (unpaired) electrons. The molecule has 0 heterocycles. The van der Waals surface area contributed by atoms with Crippen molar-refractivity contribution in [3.05, 3.63) is 35.4 Å². The molecule has 0 aliphatic rings. The fourth-order valence-electron chi connectivity index (χ4n) is 2.78. The largest absolute Gasteiger partial charge is 0.493 e. The summed E-state index contributed by atoms with van der Waals surface area (Å²) in [6, 6.07) is 6.21. The summed E-state index contributed by atoms with van der Waals surface area (Å²) in [4.78, 5) is 25.3. The molecule has 11 heteroatoms. The smallest absolute Gasteiger partial charge is 0.276 e. The molecule has 0 aromatic heterocycles. The number of Topliss-reactive ketones (excluding diaryl/α,β-unsaturated/α-hetero) is 1. The van der Waals surface area contributed by atoms with Gasteiger partial charge in [0.1, 0.15) is 0 Å². The minimum atomic E-state index is -1.50. The van der Waals surface area contributed by atoms with Gasteiger partial charge in [-0.05, 0) is 32.9 Å². The summed E-state index contributed by atoms with van der Waals surface area (Å²) < 4.78 is 22.3. The molecule has 0 saturated carbocycles. The van der Waals surface area contributed by atoms with E-state index in [1.165, 1.54) is 27.2 Å². The van der Waals surface area contributed by atoms with Gasteiger partial charge in [-0.1, -0.05) is 11.6 Å². The Balaban J connectivity index is 2.42. The third-order valence-corrected chi connectivity index (χ3v) is 4.86. The van der Waals surface area contributed by atoms with E-state index in [1.54, 1.807) is 38.1 Å². The SMILES string of the molecule is CCOc1cc(Cl)cc(OCC)c1N=NC(C(C)=O)C(=O)N(Cl)c1ccc(OC)c(OC)c1. The molecular weight excluding hydrogens is 473 g/mol. The summed E-state index contributed by atoms with van der Waals surface area (Å²) in [7, 11) is 2.93. The van der Waals surface area contributed by atoms with Crippen LogP contribution in [0, 0.1) is 0 Å². The van der Waals surface area contributed by atoms with Gasteiger partial charge in [0.15, 0.2) is 34.5 Å². The number of anilines is 1. The zero-order valence-corrected chi connectivity index (χ0v) is 20.4. The van der Waals surface area contributed by atoms with Gasteiger partial charge in [-0.25, -0.2) is 4.42 Å². The average molecular weight is 498 g/mol. The second kappa shape index (κ2) is 12.3. The third-order valence-electron chi connectivity index (χ3n) is 4.28. The van der Waals surface area contributed by atoms with Gasteiger partial charge in [0.2, 0.25) is 6.04 Å². The lowest BCUT2D eigenvalue weighted by atomic mass is 10.2. The Bertz CT molecular complexity index is 1000. The highest BCUT2D eigenvalue weighted by Crippen LogP contribution is 2.41. The molecule has 1 amide bonds. The first-order valence-electron chi connectivity index (χ1n) is 9.99. The van der Waals surface area contributed by atoms with Crippen LogP contribution in [0.3, 0.4) is 0 Å². The second-order valence-electron chi connectivity index (χ2n) is 6.50. The number of rotatable bonds is 11. The van der Waals surface area contributed by atoms with E-state index in [4.69, 9.17) is 42.3 Å². The molecule has 9 nitrogen and oxygen atoms in total. The third kappa shape index (κ3) is 6.49. The monoisotopic (exact) mass is 497 g/mol. The van der Waals surface area contributed by atoms with Crippen molar-refractivity contribution in [1.82, 2.24) is 0 Å². The van der Waals surface area contributed by atoms with Crippen LogP contribution in [0.5, 0.6) is 23.0 Å². The van der Waals surface area contributed by atoms with E-state index >= 15 is 0 Å². The molecule has 178 valence electrons. The predicted molar refractivity (Wildman–Crippen MR) is 126 cm³/mol. The fourth-order valence-corrected chi connectivity index (χ4v) is 3.18. The molecule has 0 spiro atoms. The lowest BCUT2D eigenvalue weighted by molar-refractivity contribution is -0.126. The first-order chi connectivity index (χ1) is 15.8. The molecule has 1 atom stereocenters. The molecule has 0 N–H and O–H groups in total. The number of ketones is 1. The van der Waals surface area contributed by atoms with Gasteiger partial charge >= 0.3 is 0 Å². The molecule has 2 aromatic carbocycles. The van der Waals surface area contributed by atoms with E-state index in [-0.39, 0.29) is 11.4 Å². The maximum absolute atomic E-state index is 13.0. The van der Waals surface area contributed by atoms with Crippen LogP contribution in [0.25, 0.3) is 0 Å². The van der Waals surface area contributed by atoms with Crippen molar-refractivity contribution in [2.75, 3.05) is 31.9 Å². The Kier molecular flexibility index (Phi) is 9.74. The Labute approximate surface area is 202 Å². The highest BCUT2D eigenvalue weighted by atomic mass is 35.5. The quantitative estimate of drug-likeness (QED) is 0.234. The van der Waals surface area contributed by atoms with Gasteiger partial charge in [0, 0.05) is 35.0 Å². The van der Waals surface area contributed by atoms with E-state index < -0.39 is 17.7 Å². The highest BCUT2D eigenvalue weighted by Gasteiger charge is 2.30. The normalized spacial score (nSPS) is 11.7. The zero-order valence-electron chi connectivity index (χ0n) is 18.9. The molecule has 0 aliphatic heterocycles. The summed E-state index contributed by atoms with van der Waals surface area (Å²) in [6.45, 7) is 5.46. The summed E-state index contributed by atoms with van der Waals surface area (Å²) >= 11 is 12.4. The second-order valence-corrected chi connectivity index (χ2v) is 7.28. The van der Waals surface area contributed by atoms with Crippen molar-refractivity contribution in [2.24, 2.45) is 10.2 Å². The van der Waals surface area contributed by atoms with Crippen molar-refractivity contribution in [1.29, 1.82) is 0 Å². The van der Waals surface area contributed by atoms with Gasteiger partial charge in [0.25, 0.3) is 5.91 Å². The maximum Gasteiger partial charge on any atom is 0.276 e. The molecule has 2 aromatic rings. The van der Waals surface area contributed by atoms with Crippen molar-refractivity contribution in [3.8, 4) is 23.0 Å². The zero-order chi connectivity index (χ0) is 24.5. The lowest BCUT2D eigenvalue weighted by Gasteiger charge is -2.18. The number of nitrogens with zero attached hydrogens (tertiary/aromatic N) is 3. The standard InChI is InChI=1S/C22H25Cl2N3O6/c1-6-32-18-10-14(23)11-19(33-7-2)21(18)26-25-20(13(3)28)22(29)27(24)15-8-9-16(30-4)17(12-15)31-5/h8-12,20H,6-7H2,1-5H3. The first-order valence-corrected chi connectivity index (χ1v) is 10.7. The maximum atomic E-state index is 13.0. The van der Waals surface area contributed by atoms with Crippen molar-refractivity contribution >= 4 is 46.4 Å². The summed E-state index contributed by atoms with van der Waals surface area (Å²) in [5.41, 5.74) is 0.464. The van der Waals surface area contributed by atoms with Crippen molar-refractivity contribution in [3.63, 3.8) is 0 Å². The molecule has 2 rings (SSSR count). The Hall–Kier alpha value is -3.04. The molecule has 0 saturated heterocycles. The minimum Gasteiger partial charge on any atom is -0.493 e. The van der Waals surface area contributed by atoms with Crippen molar-refractivity contribution < 1.29 is 28.5 Å². The van der Waals surface area contributed by atoms with Crippen LogP contribution in [0.2, 0.25) is 5.02 Å². The van der Waals surface area contributed by atoms with Gasteiger partial charge < -0.3 is 18.9 Å². The molecule has 33 heavy (non-hydrogen) atoms.